The van der Waals surface area contributed by atoms with Crippen LogP contribution in [0.1, 0.15) is 18.5 Å². The van der Waals surface area contributed by atoms with Gasteiger partial charge >= 0.3 is 0 Å². The Bertz CT molecular complexity index is 841. The molecule has 0 aliphatic carbocycles. The molecular formula is C17H17ClN4O2. The van der Waals surface area contributed by atoms with E-state index in [1.165, 1.54) is 6.33 Å². The van der Waals surface area contributed by atoms with Crippen molar-refractivity contribution in [2.24, 2.45) is 0 Å². The van der Waals surface area contributed by atoms with Gasteiger partial charge in [0, 0.05) is 31.0 Å². The summed E-state index contributed by atoms with van der Waals surface area (Å²) in [6.45, 7) is 3.65. The third-order valence-electron chi connectivity index (χ3n) is 4.28. The minimum Gasteiger partial charge on any atom is -0.490 e. The Balaban J connectivity index is 1.45. The quantitative estimate of drug-likeness (QED) is 0.723. The maximum absolute atomic E-state index is 6.04. The van der Waals surface area contributed by atoms with Crippen LogP contribution in [-0.4, -0.2) is 34.3 Å². The van der Waals surface area contributed by atoms with Crippen LogP contribution >= 0.6 is 11.6 Å². The molecule has 7 heteroatoms. The zero-order chi connectivity index (χ0) is 16.5. The van der Waals surface area contributed by atoms with Gasteiger partial charge in [0.05, 0.1) is 5.69 Å². The molecule has 0 saturated carbocycles. The van der Waals surface area contributed by atoms with E-state index in [-0.39, 0.29) is 6.10 Å². The van der Waals surface area contributed by atoms with Crippen LogP contribution in [0.15, 0.2) is 35.1 Å². The number of anilines is 1. The van der Waals surface area contributed by atoms with Crippen molar-refractivity contribution in [3.05, 3.63) is 41.3 Å². The Kier molecular flexibility index (Phi) is 3.98. The number of hydrogen-bond acceptors (Lipinski definition) is 6. The van der Waals surface area contributed by atoms with Crippen molar-refractivity contribution in [3.63, 3.8) is 0 Å². The lowest BCUT2D eigenvalue weighted by Gasteiger charge is -2.33. The van der Waals surface area contributed by atoms with Gasteiger partial charge < -0.3 is 14.2 Å². The van der Waals surface area contributed by atoms with Gasteiger partial charge in [0.15, 0.2) is 0 Å². The van der Waals surface area contributed by atoms with Crippen molar-refractivity contribution in [2.75, 3.05) is 18.0 Å². The molecule has 4 rings (SSSR count). The second-order valence-corrected chi connectivity index (χ2v) is 6.34. The summed E-state index contributed by atoms with van der Waals surface area (Å²) in [5.74, 6) is 1.75. The van der Waals surface area contributed by atoms with Crippen LogP contribution in [0.3, 0.4) is 0 Å². The van der Waals surface area contributed by atoms with E-state index in [2.05, 4.69) is 20.0 Å². The number of ether oxygens (including phenoxy) is 1. The molecular weight excluding hydrogens is 328 g/mol. The zero-order valence-corrected chi connectivity index (χ0v) is 14.0. The molecule has 0 atom stereocenters. The number of rotatable bonds is 3. The molecule has 3 aromatic rings. The van der Waals surface area contributed by atoms with Crippen molar-refractivity contribution in [1.29, 1.82) is 0 Å². The largest absolute Gasteiger partial charge is 0.490 e. The fourth-order valence-corrected chi connectivity index (χ4v) is 3.16. The molecule has 2 aromatic heterocycles. The van der Waals surface area contributed by atoms with Gasteiger partial charge in [-0.05, 0) is 31.2 Å². The summed E-state index contributed by atoms with van der Waals surface area (Å²) in [7, 11) is 0. The maximum atomic E-state index is 6.04. The smallest absolute Gasteiger partial charge is 0.263 e. The summed E-state index contributed by atoms with van der Waals surface area (Å²) in [6, 6.07) is 7.50. The van der Waals surface area contributed by atoms with Gasteiger partial charge in [-0.2, -0.15) is 4.98 Å². The van der Waals surface area contributed by atoms with E-state index in [0.29, 0.717) is 10.7 Å². The molecule has 3 heterocycles. The summed E-state index contributed by atoms with van der Waals surface area (Å²) < 4.78 is 11.3. The average molecular weight is 345 g/mol. The van der Waals surface area contributed by atoms with Crippen LogP contribution in [-0.2, 0) is 0 Å². The summed E-state index contributed by atoms with van der Waals surface area (Å²) in [5, 5.41) is 5.60. The molecule has 0 N–H and O–H groups in total. The van der Waals surface area contributed by atoms with Crippen LogP contribution in [0.4, 0.5) is 5.82 Å². The molecule has 0 amide bonds. The second kappa shape index (κ2) is 6.28. The van der Waals surface area contributed by atoms with Gasteiger partial charge in [0.1, 0.15) is 29.4 Å². The number of halogens is 1. The summed E-state index contributed by atoms with van der Waals surface area (Å²) in [4.78, 5) is 10.8. The molecule has 1 fully saturated rings. The first-order valence-corrected chi connectivity index (χ1v) is 8.32. The van der Waals surface area contributed by atoms with Crippen LogP contribution in [0.2, 0.25) is 5.02 Å². The molecule has 0 unspecified atom stereocenters. The highest BCUT2D eigenvalue weighted by molar-refractivity contribution is 6.30. The highest BCUT2D eigenvalue weighted by Gasteiger charge is 2.24. The molecule has 1 aromatic carbocycles. The fourth-order valence-electron chi connectivity index (χ4n) is 3.03. The number of benzene rings is 1. The molecule has 0 bridgehead atoms. The standard InChI is InChI=1S/C17H17ClN4O2/c1-11-15-16(19-10-20-17(15)24-21-11)22-8-6-14(7-9-22)23-13-4-2-12(18)3-5-13/h2-5,10,14H,6-9H2,1H3. The monoisotopic (exact) mass is 344 g/mol. The third-order valence-corrected chi connectivity index (χ3v) is 4.53. The third kappa shape index (κ3) is 2.89. The summed E-state index contributed by atoms with van der Waals surface area (Å²) in [6.07, 6.45) is 3.58. The van der Waals surface area contributed by atoms with Crippen molar-refractivity contribution in [3.8, 4) is 5.75 Å². The minimum absolute atomic E-state index is 0.198. The molecule has 0 radical (unpaired) electrons. The second-order valence-electron chi connectivity index (χ2n) is 5.90. The van der Waals surface area contributed by atoms with E-state index in [0.717, 1.165) is 48.6 Å². The number of piperidine rings is 1. The first-order chi connectivity index (χ1) is 11.7. The molecule has 0 spiro atoms. The highest BCUT2D eigenvalue weighted by Crippen LogP contribution is 2.29. The lowest BCUT2D eigenvalue weighted by molar-refractivity contribution is 0.171. The number of aromatic nitrogens is 3. The SMILES string of the molecule is Cc1noc2ncnc(N3CCC(Oc4ccc(Cl)cc4)CC3)c12. The van der Waals surface area contributed by atoms with Crippen molar-refractivity contribution in [1.82, 2.24) is 15.1 Å². The Morgan fingerprint density at radius 2 is 1.92 bits per heavy atom. The van der Waals surface area contributed by atoms with Crippen molar-refractivity contribution >= 4 is 28.5 Å². The Hall–Kier alpha value is -2.34. The van der Waals surface area contributed by atoms with E-state index in [1.807, 2.05) is 31.2 Å². The zero-order valence-electron chi connectivity index (χ0n) is 13.3. The Labute approximate surface area is 144 Å². The summed E-state index contributed by atoms with van der Waals surface area (Å²) >= 11 is 5.91. The summed E-state index contributed by atoms with van der Waals surface area (Å²) in [5.41, 5.74) is 1.36. The maximum Gasteiger partial charge on any atom is 0.263 e. The predicted molar refractivity (Wildman–Crippen MR) is 91.7 cm³/mol. The molecule has 124 valence electrons. The molecule has 24 heavy (non-hydrogen) atoms. The average Bonchev–Trinajstić information content (AvgIpc) is 2.99. The van der Waals surface area contributed by atoms with Gasteiger partial charge in [-0.15, -0.1) is 0 Å². The number of aryl methyl sites for hydroxylation is 1. The van der Waals surface area contributed by atoms with Gasteiger partial charge in [-0.1, -0.05) is 16.8 Å². The van der Waals surface area contributed by atoms with Crippen LogP contribution in [0.5, 0.6) is 5.75 Å². The topological polar surface area (TPSA) is 64.3 Å². The van der Waals surface area contributed by atoms with Crippen molar-refractivity contribution in [2.45, 2.75) is 25.9 Å². The number of fused-ring (bicyclic) bond motifs is 1. The number of hydrogen-bond donors (Lipinski definition) is 0. The van der Waals surface area contributed by atoms with Crippen LogP contribution in [0.25, 0.3) is 11.1 Å². The molecule has 1 saturated heterocycles. The van der Waals surface area contributed by atoms with Gasteiger partial charge in [-0.25, -0.2) is 4.98 Å². The normalized spacial score (nSPS) is 15.8. The van der Waals surface area contributed by atoms with E-state index in [9.17, 15) is 0 Å². The van der Waals surface area contributed by atoms with E-state index < -0.39 is 0 Å². The van der Waals surface area contributed by atoms with E-state index in [1.54, 1.807) is 0 Å². The fraction of sp³-hybridized carbons (Fsp3) is 0.353. The van der Waals surface area contributed by atoms with Gasteiger partial charge in [0.25, 0.3) is 5.71 Å². The van der Waals surface area contributed by atoms with Crippen LogP contribution in [0, 0.1) is 6.92 Å². The molecule has 1 aliphatic rings. The minimum atomic E-state index is 0.198. The first kappa shape index (κ1) is 15.2. The highest BCUT2D eigenvalue weighted by atomic mass is 35.5. The lowest BCUT2D eigenvalue weighted by atomic mass is 10.1. The molecule has 6 nitrogen and oxygen atoms in total. The predicted octanol–water partition coefficient (Wildman–Crippen LogP) is 3.63. The van der Waals surface area contributed by atoms with Crippen molar-refractivity contribution < 1.29 is 9.26 Å². The van der Waals surface area contributed by atoms with E-state index in [4.69, 9.17) is 20.9 Å². The number of nitrogens with zero attached hydrogens (tertiary/aromatic N) is 4. The lowest BCUT2D eigenvalue weighted by Crippen LogP contribution is -2.38. The van der Waals surface area contributed by atoms with Gasteiger partial charge in [-0.3, -0.25) is 0 Å². The Morgan fingerprint density at radius 3 is 2.67 bits per heavy atom. The first-order valence-electron chi connectivity index (χ1n) is 7.95. The van der Waals surface area contributed by atoms with Gasteiger partial charge in [0.2, 0.25) is 0 Å². The Morgan fingerprint density at radius 1 is 1.17 bits per heavy atom. The van der Waals surface area contributed by atoms with Crippen LogP contribution < -0.4 is 9.64 Å². The molecule has 1 aliphatic heterocycles. The van der Waals surface area contributed by atoms with E-state index >= 15 is 0 Å².